The molecule has 0 aromatic heterocycles. The van der Waals surface area contributed by atoms with Gasteiger partial charge in [0, 0.05) is 32.8 Å². The summed E-state index contributed by atoms with van der Waals surface area (Å²) in [4.78, 5) is 25.1. The van der Waals surface area contributed by atoms with Crippen molar-refractivity contribution in [2.24, 2.45) is 10.8 Å². The molecule has 2 aliphatic heterocycles. The number of likely N-dealkylation sites (tertiary alicyclic amines) is 1. The van der Waals surface area contributed by atoms with Crippen LogP contribution in [0.15, 0.2) is 0 Å². The lowest BCUT2D eigenvalue weighted by molar-refractivity contribution is -0.150. The van der Waals surface area contributed by atoms with Crippen LogP contribution < -0.4 is 5.32 Å². The van der Waals surface area contributed by atoms with Gasteiger partial charge < -0.3 is 20.1 Å². The third-order valence-corrected chi connectivity index (χ3v) is 5.04. The van der Waals surface area contributed by atoms with Gasteiger partial charge in [0.05, 0.1) is 5.41 Å². The lowest BCUT2D eigenvalue weighted by atomic mass is 9.80. The van der Waals surface area contributed by atoms with Crippen LogP contribution in [0.1, 0.15) is 39.5 Å². The molecule has 0 bridgehead atoms. The highest BCUT2D eigenvalue weighted by Crippen LogP contribution is 2.31. The van der Waals surface area contributed by atoms with Crippen molar-refractivity contribution in [3.05, 3.63) is 0 Å². The van der Waals surface area contributed by atoms with E-state index in [1.54, 1.807) is 11.8 Å². The fraction of sp³-hybridized carbons (Fsp3) is 0.867. The van der Waals surface area contributed by atoms with E-state index >= 15 is 0 Å². The number of hydrogen-bond acceptors (Lipinski definition) is 3. The summed E-state index contributed by atoms with van der Waals surface area (Å²) >= 11 is 0. The van der Waals surface area contributed by atoms with Crippen LogP contribution in [0.2, 0.25) is 0 Å². The fourth-order valence-corrected chi connectivity index (χ4v) is 2.86. The minimum absolute atomic E-state index is 0.0739. The highest BCUT2D eigenvalue weighted by molar-refractivity contribution is 5.77. The minimum atomic E-state index is -0.766. The SMILES string of the molecule is CC1(CNC(=O)N2CCC(C)(C(=O)O)CC2)CCOCC1. The summed E-state index contributed by atoms with van der Waals surface area (Å²) in [6.07, 6.45) is 2.95. The first-order chi connectivity index (χ1) is 9.85. The first kappa shape index (κ1) is 16.1. The lowest BCUT2D eigenvalue weighted by Gasteiger charge is -2.38. The molecule has 0 radical (unpaired) electrons. The molecule has 2 heterocycles. The predicted octanol–water partition coefficient (Wildman–Crippen LogP) is 1.70. The number of carboxylic acids is 1. The summed E-state index contributed by atoms with van der Waals surface area (Å²) in [6.45, 7) is 7.12. The fourth-order valence-electron chi connectivity index (χ4n) is 2.86. The number of urea groups is 1. The number of carboxylic acid groups (broad SMARTS) is 1. The van der Waals surface area contributed by atoms with E-state index in [9.17, 15) is 14.7 Å². The number of amides is 2. The molecule has 120 valence electrons. The van der Waals surface area contributed by atoms with Gasteiger partial charge in [0.1, 0.15) is 0 Å². The molecule has 0 aliphatic carbocycles. The molecule has 6 nitrogen and oxygen atoms in total. The van der Waals surface area contributed by atoms with E-state index in [1.807, 2.05) is 0 Å². The van der Waals surface area contributed by atoms with Crippen LogP contribution in [0.4, 0.5) is 4.79 Å². The van der Waals surface area contributed by atoms with E-state index in [2.05, 4.69) is 12.2 Å². The Hall–Kier alpha value is -1.30. The molecule has 21 heavy (non-hydrogen) atoms. The third kappa shape index (κ3) is 3.87. The molecule has 0 unspecified atom stereocenters. The Morgan fingerprint density at radius 3 is 2.24 bits per heavy atom. The van der Waals surface area contributed by atoms with E-state index in [0.717, 1.165) is 26.1 Å². The molecule has 2 amide bonds. The molecular formula is C15H26N2O4. The molecule has 2 aliphatic rings. The number of hydrogen-bond donors (Lipinski definition) is 2. The Morgan fingerprint density at radius 1 is 1.14 bits per heavy atom. The number of ether oxygens (including phenoxy) is 1. The van der Waals surface area contributed by atoms with E-state index in [0.29, 0.717) is 32.5 Å². The summed E-state index contributed by atoms with van der Waals surface area (Å²) in [6, 6.07) is -0.0739. The summed E-state index contributed by atoms with van der Waals surface area (Å²) in [5, 5.41) is 12.2. The quantitative estimate of drug-likeness (QED) is 0.831. The first-order valence-electron chi connectivity index (χ1n) is 7.69. The lowest BCUT2D eigenvalue weighted by Crippen LogP contribution is -2.50. The van der Waals surface area contributed by atoms with Crippen molar-refractivity contribution in [1.82, 2.24) is 10.2 Å². The second kappa shape index (κ2) is 6.22. The van der Waals surface area contributed by atoms with Gasteiger partial charge in [-0.05, 0) is 38.0 Å². The Kier molecular flexibility index (Phi) is 4.76. The topological polar surface area (TPSA) is 78.9 Å². The number of aliphatic carboxylic acids is 1. The van der Waals surface area contributed by atoms with Crippen LogP contribution >= 0.6 is 0 Å². The zero-order valence-electron chi connectivity index (χ0n) is 13.0. The van der Waals surface area contributed by atoms with Gasteiger partial charge in [-0.2, -0.15) is 0 Å². The molecule has 0 aromatic carbocycles. The zero-order valence-corrected chi connectivity index (χ0v) is 13.0. The molecule has 0 saturated carbocycles. The molecule has 0 aromatic rings. The number of nitrogens with zero attached hydrogens (tertiary/aromatic N) is 1. The standard InChI is InChI=1S/C15H26N2O4/c1-14(5-9-21-10-6-14)11-16-13(20)17-7-3-15(2,4-8-17)12(18)19/h3-11H2,1-2H3,(H,16,20)(H,18,19). The van der Waals surface area contributed by atoms with Crippen LogP contribution in [-0.4, -0.2) is 54.9 Å². The highest BCUT2D eigenvalue weighted by atomic mass is 16.5. The Bertz CT molecular complexity index is 396. The average Bonchev–Trinajstić information content (AvgIpc) is 2.46. The second-order valence-corrected chi connectivity index (χ2v) is 6.93. The molecule has 2 rings (SSSR count). The van der Waals surface area contributed by atoms with Crippen molar-refractivity contribution < 1.29 is 19.4 Å². The molecule has 0 atom stereocenters. The van der Waals surface area contributed by atoms with Crippen molar-refractivity contribution in [3.63, 3.8) is 0 Å². The molecule has 2 saturated heterocycles. The smallest absolute Gasteiger partial charge is 0.317 e. The second-order valence-electron chi connectivity index (χ2n) is 6.93. The molecule has 0 spiro atoms. The largest absolute Gasteiger partial charge is 0.481 e. The Morgan fingerprint density at radius 2 is 1.71 bits per heavy atom. The van der Waals surface area contributed by atoms with Gasteiger partial charge >= 0.3 is 12.0 Å². The average molecular weight is 298 g/mol. The summed E-state index contributed by atoms with van der Waals surface area (Å²) in [7, 11) is 0. The maximum absolute atomic E-state index is 12.2. The number of carbonyl (C=O) groups is 2. The van der Waals surface area contributed by atoms with E-state index in [4.69, 9.17) is 4.74 Å². The maximum atomic E-state index is 12.2. The van der Waals surface area contributed by atoms with Crippen LogP contribution in [0, 0.1) is 10.8 Å². The Labute approximate surface area is 125 Å². The normalized spacial score (nSPS) is 24.4. The van der Waals surface area contributed by atoms with Crippen molar-refractivity contribution >= 4 is 12.0 Å². The third-order valence-electron chi connectivity index (χ3n) is 5.04. The predicted molar refractivity (Wildman–Crippen MR) is 78.1 cm³/mol. The number of piperidine rings is 1. The highest BCUT2D eigenvalue weighted by Gasteiger charge is 2.38. The van der Waals surface area contributed by atoms with Crippen LogP contribution in [0.5, 0.6) is 0 Å². The molecular weight excluding hydrogens is 272 g/mol. The number of carbonyl (C=O) groups excluding carboxylic acids is 1. The van der Waals surface area contributed by atoms with Crippen LogP contribution in [0.25, 0.3) is 0 Å². The van der Waals surface area contributed by atoms with E-state index in [1.165, 1.54) is 0 Å². The minimum Gasteiger partial charge on any atom is -0.481 e. The van der Waals surface area contributed by atoms with Crippen LogP contribution in [-0.2, 0) is 9.53 Å². The van der Waals surface area contributed by atoms with Crippen molar-refractivity contribution in [2.75, 3.05) is 32.8 Å². The number of rotatable bonds is 3. The van der Waals surface area contributed by atoms with Gasteiger partial charge in [-0.15, -0.1) is 0 Å². The van der Waals surface area contributed by atoms with Crippen molar-refractivity contribution in [1.29, 1.82) is 0 Å². The number of nitrogens with one attached hydrogen (secondary N) is 1. The van der Waals surface area contributed by atoms with E-state index < -0.39 is 11.4 Å². The van der Waals surface area contributed by atoms with Gasteiger partial charge in [0.2, 0.25) is 0 Å². The summed E-state index contributed by atoms with van der Waals surface area (Å²) < 4.78 is 5.35. The van der Waals surface area contributed by atoms with Crippen LogP contribution in [0.3, 0.4) is 0 Å². The van der Waals surface area contributed by atoms with Gasteiger partial charge in [-0.1, -0.05) is 6.92 Å². The molecule has 2 fully saturated rings. The monoisotopic (exact) mass is 298 g/mol. The Balaban J connectivity index is 1.78. The molecule has 2 N–H and O–H groups in total. The first-order valence-corrected chi connectivity index (χ1v) is 7.69. The summed E-state index contributed by atoms with van der Waals surface area (Å²) in [5.74, 6) is -0.766. The van der Waals surface area contributed by atoms with E-state index in [-0.39, 0.29) is 11.4 Å². The van der Waals surface area contributed by atoms with Gasteiger partial charge in [-0.25, -0.2) is 4.79 Å². The van der Waals surface area contributed by atoms with Crippen molar-refractivity contribution in [2.45, 2.75) is 39.5 Å². The summed E-state index contributed by atoms with van der Waals surface area (Å²) in [5.41, 5.74) is -0.581. The van der Waals surface area contributed by atoms with Gasteiger partial charge in [0.15, 0.2) is 0 Å². The van der Waals surface area contributed by atoms with Crippen molar-refractivity contribution in [3.8, 4) is 0 Å². The molecule has 6 heteroatoms. The van der Waals surface area contributed by atoms with Gasteiger partial charge in [0.25, 0.3) is 0 Å². The zero-order chi connectivity index (χ0) is 15.5. The van der Waals surface area contributed by atoms with Gasteiger partial charge in [-0.3, -0.25) is 4.79 Å². The maximum Gasteiger partial charge on any atom is 0.317 e.